The number of ether oxygens (including phenoxy) is 1. The minimum absolute atomic E-state index is 0.0902. The Morgan fingerprint density at radius 1 is 1.48 bits per heavy atom. The largest absolute Gasteiger partial charge is 0.452 e. The molecule has 0 fully saturated rings. The van der Waals surface area contributed by atoms with Crippen molar-refractivity contribution in [2.45, 2.75) is 6.92 Å². The summed E-state index contributed by atoms with van der Waals surface area (Å²) in [6, 6.07) is 5.27. The van der Waals surface area contributed by atoms with Crippen LogP contribution in [0.4, 0.5) is 10.2 Å². The van der Waals surface area contributed by atoms with E-state index in [4.69, 9.17) is 20.9 Å². The smallest absolute Gasteiger partial charge is 0.343 e. The maximum absolute atomic E-state index is 13.5. The van der Waals surface area contributed by atoms with Crippen LogP contribution in [-0.2, 0) is 9.53 Å². The third-order valence-corrected chi connectivity index (χ3v) is 2.71. The van der Waals surface area contributed by atoms with Crippen LogP contribution in [0, 0.1) is 12.7 Å². The van der Waals surface area contributed by atoms with Gasteiger partial charge in [-0.05, 0) is 19.1 Å². The topological polar surface area (TPSA) is 81.4 Å². The molecule has 0 spiro atoms. The van der Waals surface area contributed by atoms with Gasteiger partial charge in [0.15, 0.2) is 12.4 Å². The van der Waals surface area contributed by atoms with Crippen molar-refractivity contribution in [2.24, 2.45) is 0 Å². The van der Waals surface area contributed by atoms with Gasteiger partial charge in [0.25, 0.3) is 5.91 Å². The first-order chi connectivity index (χ1) is 9.97. The molecule has 0 saturated carbocycles. The van der Waals surface area contributed by atoms with Crippen molar-refractivity contribution in [1.82, 2.24) is 5.16 Å². The van der Waals surface area contributed by atoms with Crippen LogP contribution < -0.4 is 5.32 Å². The summed E-state index contributed by atoms with van der Waals surface area (Å²) >= 11 is 5.71. The molecule has 0 saturated heterocycles. The summed E-state index contributed by atoms with van der Waals surface area (Å²) in [4.78, 5) is 23.2. The molecule has 2 aromatic rings. The number of hydrogen-bond acceptors (Lipinski definition) is 5. The molecule has 1 amide bonds. The maximum Gasteiger partial charge on any atom is 0.343 e. The van der Waals surface area contributed by atoms with Crippen LogP contribution in [-0.4, -0.2) is 23.6 Å². The van der Waals surface area contributed by atoms with Crippen molar-refractivity contribution in [1.29, 1.82) is 0 Å². The molecule has 21 heavy (non-hydrogen) atoms. The molecule has 1 N–H and O–H groups in total. The predicted molar refractivity (Wildman–Crippen MR) is 71.6 cm³/mol. The van der Waals surface area contributed by atoms with Crippen LogP contribution >= 0.6 is 11.6 Å². The quantitative estimate of drug-likeness (QED) is 0.877. The van der Waals surface area contributed by atoms with Crippen LogP contribution in [0.15, 0.2) is 28.8 Å². The molecule has 1 heterocycles. The highest BCUT2D eigenvalue weighted by atomic mass is 35.5. The van der Waals surface area contributed by atoms with Gasteiger partial charge in [0.2, 0.25) is 0 Å². The number of rotatable bonds is 4. The Kier molecular flexibility index (Phi) is 4.54. The molecule has 2 rings (SSSR count). The van der Waals surface area contributed by atoms with E-state index in [1.54, 1.807) is 6.92 Å². The summed E-state index contributed by atoms with van der Waals surface area (Å²) in [5.74, 6) is -1.77. The normalized spacial score (nSPS) is 10.2. The third-order valence-electron chi connectivity index (χ3n) is 2.40. The number of halogens is 2. The molecule has 0 bridgehead atoms. The van der Waals surface area contributed by atoms with Crippen molar-refractivity contribution in [3.63, 3.8) is 0 Å². The summed E-state index contributed by atoms with van der Waals surface area (Å²) in [5, 5.41) is 5.80. The first kappa shape index (κ1) is 15.0. The molecule has 6 nitrogen and oxygen atoms in total. The lowest BCUT2D eigenvalue weighted by molar-refractivity contribution is -0.119. The van der Waals surface area contributed by atoms with Crippen LogP contribution in [0.3, 0.4) is 0 Å². The highest BCUT2D eigenvalue weighted by molar-refractivity contribution is 6.33. The summed E-state index contributed by atoms with van der Waals surface area (Å²) in [6.45, 7) is 1.05. The van der Waals surface area contributed by atoms with Crippen LogP contribution in [0.25, 0.3) is 0 Å². The van der Waals surface area contributed by atoms with Gasteiger partial charge in [0, 0.05) is 6.07 Å². The number of aromatic nitrogens is 1. The number of benzene rings is 1. The van der Waals surface area contributed by atoms with E-state index in [0.717, 1.165) is 6.07 Å². The van der Waals surface area contributed by atoms with E-state index in [-0.39, 0.29) is 10.8 Å². The molecule has 0 aliphatic carbocycles. The molecular formula is C13H10ClFN2O4. The Bertz CT molecular complexity index is 666. The van der Waals surface area contributed by atoms with Crippen LogP contribution in [0.5, 0.6) is 0 Å². The summed E-state index contributed by atoms with van der Waals surface area (Å²) in [7, 11) is 0. The highest BCUT2D eigenvalue weighted by Crippen LogP contribution is 2.19. The summed E-state index contributed by atoms with van der Waals surface area (Å²) in [6.07, 6.45) is 0. The van der Waals surface area contributed by atoms with Gasteiger partial charge in [0.1, 0.15) is 17.1 Å². The molecular weight excluding hydrogens is 303 g/mol. The van der Waals surface area contributed by atoms with Gasteiger partial charge >= 0.3 is 5.97 Å². The fraction of sp³-hybridized carbons (Fsp3) is 0.154. The third kappa shape index (κ3) is 3.79. The monoisotopic (exact) mass is 312 g/mol. The van der Waals surface area contributed by atoms with Crippen molar-refractivity contribution < 1.29 is 23.2 Å². The van der Waals surface area contributed by atoms with Gasteiger partial charge in [-0.3, -0.25) is 4.79 Å². The summed E-state index contributed by atoms with van der Waals surface area (Å²) < 4.78 is 22.9. The molecule has 1 aromatic heterocycles. The fourth-order valence-corrected chi connectivity index (χ4v) is 1.74. The summed E-state index contributed by atoms with van der Waals surface area (Å²) in [5.41, 5.74) is -0.413. The average Bonchev–Trinajstić information content (AvgIpc) is 2.81. The predicted octanol–water partition coefficient (Wildman–Crippen LogP) is 2.57. The second-order valence-corrected chi connectivity index (χ2v) is 4.45. The molecule has 0 aliphatic rings. The number of esters is 1. The Morgan fingerprint density at radius 2 is 2.24 bits per heavy atom. The Morgan fingerprint density at radius 3 is 2.86 bits per heavy atom. The van der Waals surface area contributed by atoms with E-state index in [9.17, 15) is 14.0 Å². The Balaban J connectivity index is 1.93. The lowest BCUT2D eigenvalue weighted by atomic mass is 10.2. The zero-order chi connectivity index (χ0) is 15.4. The number of carbonyl (C=O) groups is 2. The zero-order valence-electron chi connectivity index (χ0n) is 10.9. The number of anilines is 1. The highest BCUT2D eigenvalue weighted by Gasteiger charge is 2.18. The average molecular weight is 313 g/mol. The number of nitrogens with zero attached hydrogens (tertiary/aromatic N) is 1. The minimum atomic E-state index is -1.02. The molecule has 0 unspecified atom stereocenters. The molecule has 0 aliphatic heterocycles. The number of nitrogens with one attached hydrogen (secondary N) is 1. The SMILES string of the molecule is Cc1cc(NC(=O)COC(=O)c2c(F)cccc2Cl)no1. The number of hydrogen-bond donors (Lipinski definition) is 1. The minimum Gasteiger partial charge on any atom is -0.452 e. The number of amides is 1. The van der Waals surface area contributed by atoms with E-state index >= 15 is 0 Å². The van der Waals surface area contributed by atoms with E-state index in [1.807, 2.05) is 0 Å². The Labute approximate surface area is 123 Å². The van der Waals surface area contributed by atoms with E-state index < -0.39 is 29.9 Å². The molecule has 0 radical (unpaired) electrons. The lowest BCUT2D eigenvalue weighted by Crippen LogP contribution is -2.21. The van der Waals surface area contributed by atoms with E-state index in [0.29, 0.717) is 5.76 Å². The van der Waals surface area contributed by atoms with E-state index in [2.05, 4.69) is 10.5 Å². The van der Waals surface area contributed by atoms with Gasteiger partial charge in [0.05, 0.1) is 5.02 Å². The zero-order valence-corrected chi connectivity index (χ0v) is 11.6. The van der Waals surface area contributed by atoms with Gasteiger partial charge in [-0.1, -0.05) is 22.8 Å². The molecule has 8 heteroatoms. The first-order valence-electron chi connectivity index (χ1n) is 5.81. The molecule has 0 atom stereocenters. The second kappa shape index (κ2) is 6.36. The van der Waals surface area contributed by atoms with Crippen molar-refractivity contribution in [2.75, 3.05) is 11.9 Å². The van der Waals surface area contributed by atoms with Gasteiger partial charge in [-0.15, -0.1) is 0 Å². The first-order valence-corrected chi connectivity index (χ1v) is 6.19. The van der Waals surface area contributed by atoms with Crippen LogP contribution in [0.2, 0.25) is 5.02 Å². The lowest BCUT2D eigenvalue weighted by Gasteiger charge is -2.06. The van der Waals surface area contributed by atoms with Crippen molar-refractivity contribution in [3.05, 3.63) is 46.4 Å². The molecule has 1 aromatic carbocycles. The Hall–Kier alpha value is -2.41. The number of carbonyl (C=O) groups excluding carboxylic acids is 2. The van der Waals surface area contributed by atoms with Gasteiger partial charge in [-0.2, -0.15) is 0 Å². The second-order valence-electron chi connectivity index (χ2n) is 4.04. The van der Waals surface area contributed by atoms with Gasteiger partial charge < -0.3 is 14.6 Å². The van der Waals surface area contributed by atoms with Crippen molar-refractivity contribution >= 4 is 29.3 Å². The van der Waals surface area contributed by atoms with Crippen LogP contribution in [0.1, 0.15) is 16.1 Å². The maximum atomic E-state index is 13.5. The fourth-order valence-electron chi connectivity index (χ4n) is 1.50. The van der Waals surface area contributed by atoms with Gasteiger partial charge in [-0.25, -0.2) is 9.18 Å². The number of aryl methyl sites for hydroxylation is 1. The standard InChI is InChI=1S/C13H10ClFN2O4/c1-7-5-10(17-21-7)16-11(18)6-20-13(19)12-8(14)3-2-4-9(12)15/h2-5H,6H2,1H3,(H,16,17,18). The van der Waals surface area contributed by atoms with E-state index in [1.165, 1.54) is 18.2 Å². The molecule has 110 valence electrons. The van der Waals surface area contributed by atoms with Crippen molar-refractivity contribution in [3.8, 4) is 0 Å².